The fraction of sp³-hybridized carbons (Fsp3) is 0.211. The van der Waals surface area contributed by atoms with E-state index in [2.05, 4.69) is 4.98 Å². The minimum Gasteiger partial charge on any atom is -0.486 e. The molecule has 0 fully saturated rings. The highest BCUT2D eigenvalue weighted by molar-refractivity contribution is 7.89. The van der Waals surface area contributed by atoms with Crippen LogP contribution >= 0.6 is 0 Å². The predicted octanol–water partition coefficient (Wildman–Crippen LogP) is 2.84. The lowest BCUT2D eigenvalue weighted by molar-refractivity contribution is 0.171. The van der Waals surface area contributed by atoms with E-state index in [1.807, 2.05) is 6.07 Å². The Balaban J connectivity index is 1.68. The highest BCUT2D eigenvalue weighted by Crippen LogP contribution is 2.33. The zero-order valence-corrected chi connectivity index (χ0v) is 15.3. The number of aromatic nitrogens is 1. The minimum absolute atomic E-state index is 0.0976. The molecule has 0 saturated heterocycles. The normalized spacial score (nSPS) is 13.7. The standard InChI is InChI=1S/C19H18N2O5S/c22-27(23,17-6-7-18-19(12-17)26-11-10-25-18)21(14-16-5-3-9-24-16)13-15-4-1-2-8-20-15/h1-9,12H,10-11,13-14H2. The van der Waals surface area contributed by atoms with Crippen LogP contribution in [0.3, 0.4) is 0 Å². The molecule has 8 heteroatoms. The average Bonchev–Trinajstić information content (AvgIpc) is 3.21. The van der Waals surface area contributed by atoms with Gasteiger partial charge in [-0.1, -0.05) is 6.07 Å². The van der Waals surface area contributed by atoms with Crippen LogP contribution < -0.4 is 9.47 Å². The fourth-order valence-corrected chi connectivity index (χ4v) is 4.20. The van der Waals surface area contributed by atoms with Crippen LogP contribution in [0.25, 0.3) is 0 Å². The van der Waals surface area contributed by atoms with Gasteiger partial charge in [-0.2, -0.15) is 4.31 Å². The predicted molar refractivity (Wildman–Crippen MR) is 96.8 cm³/mol. The lowest BCUT2D eigenvalue weighted by Crippen LogP contribution is -2.30. The molecule has 0 spiro atoms. The molecule has 27 heavy (non-hydrogen) atoms. The monoisotopic (exact) mass is 386 g/mol. The Morgan fingerprint density at radius 3 is 2.56 bits per heavy atom. The molecule has 4 rings (SSSR count). The Morgan fingerprint density at radius 2 is 1.81 bits per heavy atom. The van der Waals surface area contributed by atoms with Gasteiger partial charge in [0.2, 0.25) is 10.0 Å². The highest BCUT2D eigenvalue weighted by atomic mass is 32.2. The molecule has 0 unspecified atom stereocenters. The van der Waals surface area contributed by atoms with E-state index in [1.165, 1.54) is 22.7 Å². The molecule has 7 nitrogen and oxygen atoms in total. The Kier molecular flexibility index (Phi) is 4.83. The van der Waals surface area contributed by atoms with Crippen molar-refractivity contribution >= 4 is 10.0 Å². The van der Waals surface area contributed by atoms with Gasteiger partial charge in [0.25, 0.3) is 0 Å². The Bertz CT molecular complexity index is 1000. The Morgan fingerprint density at radius 1 is 0.963 bits per heavy atom. The first-order valence-electron chi connectivity index (χ1n) is 8.45. The van der Waals surface area contributed by atoms with E-state index >= 15 is 0 Å². The van der Waals surface area contributed by atoms with Crippen molar-refractivity contribution in [2.24, 2.45) is 0 Å². The van der Waals surface area contributed by atoms with Gasteiger partial charge in [0.05, 0.1) is 29.9 Å². The Labute approximate surface area is 157 Å². The smallest absolute Gasteiger partial charge is 0.243 e. The largest absolute Gasteiger partial charge is 0.486 e. The van der Waals surface area contributed by atoms with Gasteiger partial charge in [0, 0.05) is 12.3 Å². The second kappa shape index (κ2) is 7.42. The first-order valence-corrected chi connectivity index (χ1v) is 9.89. The number of fused-ring (bicyclic) bond motifs is 1. The second-order valence-corrected chi connectivity index (χ2v) is 7.92. The van der Waals surface area contributed by atoms with E-state index in [1.54, 1.807) is 36.5 Å². The van der Waals surface area contributed by atoms with Gasteiger partial charge in [0.1, 0.15) is 19.0 Å². The van der Waals surface area contributed by atoms with Crippen LogP contribution in [0.2, 0.25) is 0 Å². The number of rotatable bonds is 6. The van der Waals surface area contributed by atoms with Gasteiger partial charge in [-0.3, -0.25) is 4.98 Å². The molecule has 1 aromatic carbocycles. The van der Waals surface area contributed by atoms with Crippen LogP contribution in [0.1, 0.15) is 11.5 Å². The van der Waals surface area contributed by atoms with Crippen molar-refractivity contribution < 1.29 is 22.3 Å². The number of ether oxygens (including phenoxy) is 2. The summed E-state index contributed by atoms with van der Waals surface area (Å²) in [5.41, 5.74) is 0.644. The summed E-state index contributed by atoms with van der Waals surface area (Å²) >= 11 is 0. The molecular weight excluding hydrogens is 368 g/mol. The van der Waals surface area contributed by atoms with Gasteiger partial charge < -0.3 is 13.9 Å². The molecular formula is C19H18N2O5S. The van der Waals surface area contributed by atoms with Crippen LogP contribution in [-0.2, 0) is 23.1 Å². The van der Waals surface area contributed by atoms with Gasteiger partial charge in [0.15, 0.2) is 11.5 Å². The highest BCUT2D eigenvalue weighted by Gasteiger charge is 2.28. The van der Waals surface area contributed by atoms with Crippen LogP contribution in [0.15, 0.2) is 70.3 Å². The summed E-state index contributed by atoms with van der Waals surface area (Å²) in [6, 6.07) is 13.5. The number of furan rings is 1. The molecule has 0 amide bonds. The van der Waals surface area contributed by atoms with E-state index in [0.29, 0.717) is 36.2 Å². The third-order valence-electron chi connectivity index (χ3n) is 4.13. The summed E-state index contributed by atoms with van der Waals surface area (Å²) in [7, 11) is -3.81. The molecule has 0 N–H and O–H groups in total. The topological polar surface area (TPSA) is 81.9 Å². The van der Waals surface area contributed by atoms with Crippen LogP contribution in [-0.4, -0.2) is 30.9 Å². The van der Waals surface area contributed by atoms with E-state index < -0.39 is 10.0 Å². The van der Waals surface area contributed by atoms with Gasteiger partial charge >= 0.3 is 0 Å². The summed E-state index contributed by atoms with van der Waals surface area (Å²) in [4.78, 5) is 4.38. The van der Waals surface area contributed by atoms with Crippen LogP contribution in [0.4, 0.5) is 0 Å². The first-order chi connectivity index (χ1) is 13.1. The van der Waals surface area contributed by atoms with Gasteiger partial charge in [-0.25, -0.2) is 8.42 Å². The molecule has 0 bridgehead atoms. The molecule has 1 aliphatic heterocycles. The van der Waals surface area contributed by atoms with E-state index in [9.17, 15) is 8.42 Å². The second-order valence-electron chi connectivity index (χ2n) is 5.98. The van der Waals surface area contributed by atoms with Crippen molar-refractivity contribution in [3.63, 3.8) is 0 Å². The molecule has 0 atom stereocenters. The number of benzene rings is 1. The lowest BCUT2D eigenvalue weighted by Gasteiger charge is -2.23. The Hall–Kier alpha value is -2.84. The van der Waals surface area contributed by atoms with Crippen molar-refractivity contribution in [3.05, 3.63) is 72.4 Å². The van der Waals surface area contributed by atoms with Crippen molar-refractivity contribution in [1.29, 1.82) is 0 Å². The number of hydrogen-bond acceptors (Lipinski definition) is 6. The number of hydrogen-bond donors (Lipinski definition) is 0. The minimum atomic E-state index is -3.81. The maximum Gasteiger partial charge on any atom is 0.243 e. The molecule has 3 aromatic rings. The summed E-state index contributed by atoms with van der Waals surface area (Å²) in [5.74, 6) is 1.52. The third kappa shape index (κ3) is 3.81. The van der Waals surface area contributed by atoms with Crippen molar-refractivity contribution in [2.45, 2.75) is 18.0 Å². The summed E-state index contributed by atoms with van der Waals surface area (Å²) < 4.78 is 44.3. The van der Waals surface area contributed by atoms with Gasteiger partial charge in [-0.15, -0.1) is 0 Å². The summed E-state index contributed by atoms with van der Waals surface area (Å²) in [6.07, 6.45) is 3.15. The SMILES string of the molecule is O=S(=O)(c1ccc2c(c1)OCCO2)N(Cc1ccccn1)Cc1ccco1. The van der Waals surface area contributed by atoms with E-state index in [4.69, 9.17) is 13.9 Å². The first kappa shape index (κ1) is 17.6. The van der Waals surface area contributed by atoms with Crippen LogP contribution in [0.5, 0.6) is 11.5 Å². The number of nitrogens with zero attached hydrogens (tertiary/aromatic N) is 2. The molecule has 2 aromatic heterocycles. The zero-order chi connectivity index (χ0) is 18.7. The molecule has 1 aliphatic rings. The maximum absolute atomic E-state index is 13.3. The van der Waals surface area contributed by atoms with Gasteiger partial charge in [-0.05, 0) is 36.4 Å². The third-order valence-corrected chi connectivity index (χ3v) is 5.92. The summed E-state index contributed by atoms with van der Waals surface area (Å²) in [5, 5.41) is 0. The summed E-state index contributed by atoms with van der Waals surface area (Å²) in [6.45, 7) is 1.06. The van der Waals surface area contributed by atoms with Crippen molar-refractivity contribution in [3.8, 4) is 11.5 Å². The van der Waals surface area contributed by atoms with Crippen molar-refractivity contribution in [1.82, 2.24) is 9.29 Å². The number of sulfonamides is 1. The molecule has 0 aliphatic carbocycles. The molecule has 140 valence electrons. The fourth-order valence-electron chi connectivity index (χ4n) is 2.81. The molecule has 0 radical (unpaired) electrons. The van der Waals surface area contributed by atoms with E-state index in [0.717, 1.165) is 0 Å². The average molecular weight is 386 g/mol. The van der Waals surface area contributed by atoms with E-state index in [-0.39, 0.29) is 18.0 Å². The lowest BCUT2D eigenvalue weighted by atomic mass is 10.3. The molecule has 3 heterocycles. The van der Waals surface area contributed by atoms with Crippen molar-refractivity contribution in [2.75, 3.05) is 13.2 Å². The maximum atomic E-state index is 13.3. The quantitative estimate of drug-likeness (QED) is 0.648. The molecule has 0 saturated carbocycles. The zero-order valence-electron chi connectivity index (χ0n) is 14.4. The van der Waals surface area contributed by atoms with Crippen LogP contribution in [0, 0.1) is 0 Å². The number of pyridine rings is 1.